The second-order valence-corrected chi connectivity index (χ2v) is 9.80. The second-order valence-electron chi connectivity index (χ2n) is 9.80. The summed E-state index contributed by atoms with van der Waals surface area (Å²) < 4.78 is 4.89. The minimum absolute atomic E-state index is 0.0793. The van der Waals surface area contributed by atoms with E-state index in [1.54, 1.807) is 0 Å². The summed E-state index contributed by atoms with van der Waals surface area (Å²) in [5, 5.41) is 3.86. The summed E-state index contributed by atoms with van der Waals surface area (Å²) in [7, 11) is 5.99. The molecule has 0 spiro atoms. The Balaban J connectivity index is 1.69. The maximum atomic E-state index is 5.99. The van der Waals surface area contributed by atoms with Crippen LogP contribution in [0.5, 0.6) is 0 Å². The molecule has 4 nitrogen and oxygen atoms in total. The van der Waals surface area contributed by atoms with Gasteiger partial charge >= 0.3 is 0 Å². The zero-order valence-electron chi connectivity index (χ0n) is 21.0. The van der Waals surface area contributed by atoms with Crippen molar-refractivity contribution in [3.63, 3.8) is 0 Å². The smallest absolute Gasteiger partial charge is 0.252 e. The van der Waals surface area contributed by atoms with E-state index < -0.39 is 0 Å². The summed E-state index contributed by atoms with van der Waals surface area (Å²) in [6.07, 6.45) is 10.8. The van der Waals surface area contributed by atoms with Crippen LogP contribution in [0.4, 0.5) is 0 Å². The quantitative estimate of drug-likeness (QED) is 0.162. The molecule has 2 N–H and O–H groups in total. The van der Waals surface area contributed by atoms with Crippen LogP contribution in [0.25, 0.3) is 44.5 Å². The average molecular weight is 470 g/mol. The summed E-state index contributed by atoms with van der Waals surface area (Å²) in [6.45, 7) is 4.37. The van der Waals surface area contributed by atoms with Gasteiger partial charge in [0.15, 0.2) is 0 Å². The van der Waals surface area contributed by atoms with E-state index in [9.17, 15) is 0 Å². The Kier molecular flexibility index (Phi) is 5.73. The van der Waals surface area contributed by atoms with E-state index in [-0.39, 0.29) is 6.04 Å². The van der Waals surface area contributed by atoms with Crippen molar-refractivity contribution in [3.05, 3.63) is 95.8 Å². The van der Waals surface area contributed by atoms with Gasteiger partial charge in [-0.3, -0.25) is 5.84 Å². The first-order valence-electron chi connectivity index (χ1n) is 12.9. The first-order chi connectivity index (χ1) is 17.6. The van der Waals surface area contributed by atoms with E-state index in [0.717, 1.165) is 31.4 Å². The molecular formula is C31H31BN4. The molecule has 5 heteroatoms. The molecule has 6 rings (SSSR count). The molecule has 1 aliphatic carbocycles. The largest absolute Gasteiger partial charge is 0.372 e. The summed E-state index contributed by atoms with van der Waals surface area (Å²) in [6, 6.07) is 24.3. The van der Waals surface area contributed by atoms with Crippen molar-refractivity contribution in [1.82, 2.24) is 14.1 Å². The number of para-hydroxylation sites is 2. The van der Waals surface area contributed by atoms with Crippen LogP contribution in [0.1, 0.15) is 50.4 Å². The lowest BCUT2D eigenvalue weighted by molar-refractivity contribution is 0.539. The van der Waals surface area contributed by atoms with Crippen molar-refractivity contribution in [2.75, 3.05) is 0 Å². The van der Waals surface area contributed by atoms with Crippen molar-refractivity contribution < 1.29 is 0 Å². The van der Waals surface area contributed by atoms with Crippen LogP contribution in [-0.4, -0.2) is 22.0 Å². The second kappa shape index (κ2) is 9.07. The zero-order chi connectivity index (χ0) is 24.8. The lowest BCUT2D eigenvalue weighted by Gasteiger charge is -2.21. The van der Waals surface area contributed by atoms with Crippen molar-refractivity contribution in [2.24, 2.45) is 5.84 Å². The SMILES string of the molecule is [B]N(N)/C(=C/C(C)n1c2ccccc2c2cc3c4c(n(-c5ccccc5)c3cc21)CCC=C4)CCC. The predicted octanol–water partition coefficient (Wildman–Crippen LogP) is 7.20. The fourth-order valence-electron chi connectivity index (χ4n) is 5.93. The Labute approximate surface area is 213 Å². The van der Waals surface area contributed by atoms with E-state index in [2.05, 4.69) is 108 Å². The molecule has 5 aromatic rings. The Morgan fingerprint density at radius 3 is 2.56 bits per heavy atom. The molecule has 2 aromatic heterocycles. The Morgan fingerprint density at radius 1 is 1.00 bits per heavy atom. The number of hydrogen-bond acceptors (Lipinski definition) is 2. The van der Waals surface area contributed by atoms with Gasteiger partial charge in [-0.05, 0) is 62.6 Å². The van der Waals surface area contributed by atoms with Gasteiger partial charge in [0.05, 0.1) is 17.1 Å². The van der Waals surface area contributed by atoms with Crippen LogP contribution in [0.15, 0.2) is 84.6 Å². The highest BCUT2D eigenvalue weighted by Gasteiger charge is 2.22. The number of hydrazine groups is 1. The van der Waals surface area contributed by atoms with E-state index in [4.69, 9.17) is 13.8 Å². The number of nitrogens with zero attached hydrogens (tertiary/aromatic N) is 3. The van der Waals surface area contributed by atoms with Crippen molar-refractivity contribution in [1.29, 1.82) is 0 Å². The van der Waals surface area contributed by atoms with Gasteiger partial charge < -0.3 is 14.1 Å². The van der Waals surface area contributed by atoms with Crippen LogP contribution >= 0.6 is 0 Å². The van der Waals surface area contributed by atoms with Crippen LogP contribution < -0.4 is 5.84 Å². The topological polar surface area (TPSA) is 39.1 Å². The highest BCUT2D eigenvalue weighted by molar-refractivity contribution is 6.14. The minimum atomic E-state index is 0.0793. The number of aromatic nitrogens is 2. The maximum Gasteiger partial charge on any atom is 0.252 e. The molecule has 0 bridgehead atoms. The van der Waals surface area contributed by atoms with Crippen LogP contribution in [0.2, 0.25) is 0 Å². The molecule has 0 saturated carbocycles. The third-order valence-corrected chi connectivity index (χ3v) is 7.46. The summed E-state index contributed by atoms with van der Waals surface area (Å²) >= 11 is 0. The van der Waals surface area contributed by atoms with Crippen LogP contribution in [-0.2, 0) is 6.42 Å². The molecule has 0 amide bonds. The first kappa shape index (κ1) is 22.7. The van der Waals surface area contributed by atoms with E-state index in [1.807, 2.05) is 0 Å². The molecule has 1 unspecified atom stereocenters. The number of allylic oxidation sites excluding steroid dienone is 3. The fourth-order valence-corrected chi connectivity index (χ4v) is 5.93. The third kappa shape index (κ3) is 3.58. The number of nitrogens with two attached hydrogens (primary N) is 1. The third-order valence-electron chi connectivity index (χ3n) is 7.46. The van der Waals surface area contributed by atoms with Crippen molar-refractivity contribution in [2.45, 2.75) is 45.6 Å². The zero-order valence-corrected chi connectivity index (χ0v) is 21.0. The molecule has 2 heterocycles. The molecule has 0 fully saturated rings. The Hall–Kier alpha value is -3.70. The highest BCUT2D eigenvalue weighted by atomic mass is 15.3. The molecular weight excluding hydrogens is 439 g/mol. The van der Waals surface area contributed by atoms with Crippen LogP contribution in [0, 0.1) is 0 Å². The predicted molar refractivity (Wildman–Crippen MR) is 153 cm³/mol. The standard InChI is InChI=1S/C31H31BN4/c1-3-11-23(36(32)33)18-21(2)34-28-16-9-7-14-24(28)26-19-27-25-15-8-10-17-29(25)35(31(27)20-30(26)34)22-12-5-4-6-13-22/h4-9,12-16,18-21H,3,10-11,17,33H2,1-2H3/b23-18+. The molecule has 36 heavy (non-hydrogen) atoms. The Morgan fingerprint density at radius 2 is 1.78 bits per heavy atom. The summed E-state index contributed by atoms with van der Waals surface area (Å²) in [5.41, 5.74) is 8.59. The average Bonchev–Trinajstić information content (AvgIpc) is 3.40. The van der Waals surface area contributed by atoms with E-state index in [1.165, 1.54) is 54.6 Å². The van der Waals surface area contributed by atoms with Gasteiger partial charge in [0.2, 0.25) is 0 Å². The molecule has 178 valence electrons. The number of hydrogen-bond donors (Lipinski definition) is 1. The van der Waals surface area contributed by atoms with Gasteiger partial charge in [-0.1, -0.05) is 61.9 Å². The number of rotatable bonds is 6. The fraction of sp³-hybridized carbons (Fsp3) is 0.226. The maximum absolute atomic E-state index is 5.99. The lowest BCUT2D eigenvalue weighted by Crippen LogP contribution is -2.27. The lowest BCUT2D eigenvalue weighted by atomic mass is 10.0. The number of benzene rings is 3. The van der Waals surface area contributed by atoms with Gasteiger partial charge in [-0.2, -0.15) is 0 Å². The van der Waals surface area contributed by atoms with E-state index in [0.29, 0.717) is 0 Å². The van der Waals surface area contributed by atoms with Crippen molar-refractivity contribution >= 4 is 46.8 Å². The monoisotopic (exact) mass is 470 g/mol. The summed E-state index contributed by atoms with van der Waals surface area (Å²) in [5.74, 6) is 5.99. The normalized spacial score (nSPS) is 14.6. The van der Waals surface area contributed by atoms with Gasteiger partial charge in [-0.25, -0.2) is 0 Å². The molecule has 3 aromatic carbocycles. The van der Waals surface area contributed by atoms with E-state index >= 15 is 0 Å². The Bertz CT molecular complexity index is 1640. The van der Waals surface area contributed by atoms with Gasteiger partial charge in [0.1, 0.15) is 0 Å². The summed E-state index contributed by atoms with van der Waals surface area (Å²) in [4.78, 5) is 1.27. The molecule has 1 atom stereocenters. The number of fused-ring (bicyclic) bond motifs is 6. The molecule has 2 radical (unpaired) electrons. The minimum Gasteiger partial charge on any atom is -0.372 e. The van der Waals surface area contributed by atoms with Crippen molar-refractivity contribution in [3.8, 4) is 5.69 Å². The van der Waals surface area contributed by atoms with Gasteiger partial charge in [-0.15, -0.1) is 0 Å². The van der Waals surface area contributed by atoms with Crippen LogP contribution in [0.3, 0.4) is 0 Å². The van der Waals surface area contributed by atoms with Gasteiger partial charge in [0, 0.05) is 44.3 Å². The molecule has 0 aliphatic heterocycles. The molecule has 0 saturated heterocycles. The first-order valence-corrected chi connectivity index (χ1v) is 12.9. The molecule has 1 aliphatic rings. The highest BCUT2D eigenvalue weighted by Crippen LogP contribution is 2.40. The van der Waals surface area contributed by atoms with Gasteiger partial charge in [0.25, 0.3) is 7.98 Å².